The zero-order valence-electron chi connectivity index (χ0n) is 6.76. The molecule has 0 radical (unpaired) electrons. The normalized spacial score (nSPS) is 10.3. The minimum Gasteiger partial charge on any atom is -1.00 e. The van der Waals surface area contributed by atoms with Gasteiger partial charge in [0.15, 0.2) is 0 Å². The smallest absolute Gasteiger partial charge is 1.00 e. The molecular formula is H5FeNaO7P2Ti. The van der Waals surface area contributed by atoms with E-state index in [4.69, 9.17) is 19.6 Å². The Balaban J connectivity index is -0.0000000533. The molecule has 0 aliphatic rings. The van der Waals surface area contributed by atoms with Gasteiger partial charge < -0.3 is 21.0 Å². The molecule has 0 saturated carbocycles. The van der Waals surface area contributed by atoms with Crippen molar-refractivity contribution in [3.05, 3.63) is 0 Å². The van der Waals surface area contributed by atoms with Crippen LogP contribution in [0, 0.1) is 0 Å². The van der Waals surface area contributed by atoms with E-state index < -0.39 is 15.6 Å². The van der Waals surface area contributed by atoms with Crippen molar-refractivity contribution in [3.8, 4) is 0 Å². The summed E-state index contributed by atoms with van der Waals surface area (Å²) >= 11 is 0. The van der Waals surface area contributed by atoms with Crippen LogP contribution in [0.25, 0.3) is 0 Å². The van der Waals surface area contributed by atoms with Gasteiger partial charge in [-0.15, -0.1) is 0 Å². The first-order valence-electron chi connectivity index (χ1n) is 1.53. The second-order valence-electron chi connectivity index (χ2n) is 1.06. The molecule has 0 fully saturated rings. The topological polar surface area (TPSA) is 124 Å². The van der Waals surface area contributed by atoms with Crippen LogP contribution < -0.4 is 29.6 Å². The van der Waals surface area contributed by atoms with Crippen LogP contribution in [0.15, 0.2) is 0 Å². The Morgan fingerprint density at radius 2 is 1.17 bits per heavy atom. The summed E-state index contributed by atoms with van der Waals surface area (Å²) in [6, 6.07) is 0. The molecule has 0 spiro atoms. The maximum absolute atomic E-state index is 9.63. The molecule has 0 aromatic carbocycles. The zero-order valence-corrected chi connectivity index (χ0v) is 12.2. The summed E-state index contributed by atoms with van der Waals surface area (Å²) in [6.45, 7) is 0. The molecule has 0 aliphatic carbocycles. The first kappa shape index (κ1) is 24.0. The molecule has 0 rings (SSSR count). The second-order valence-corrected chi connectivity index (χ2v) is 3.68. The second kappa shape index (κ2) is 8.77. The molecule has 7 nitrogen and oxygen atoms in total. The predicted molar refractivity (Wildman–Crippen MR) is 26.3 cm³/mol. The van der Waals surface area contributed by atoms with Gasteiger partial charge in [-0.3, -0.25) is 0 Å². The van der Waals surface area contributed by atoms with E-state index in [1.54, 1.807) is 0 Å². The Hall–Kier alpha value is 2.49. The molecule has 0 amide bonds. The Labute approximate surface area is 117 Å². The van der Waals surface area contributed by atoms with Gasteiger partial charge in [0.1, 0.15) is 0 Å². The quantitative estimate of drug-likeness (QED) is 0.306. The first-order chi connectivity index (χ1) is 3.71. The van der Waals surface area contributed by atoms with Crippen molar-refractivity contribution in [2.45, 2.75) is 0 Å². The van der Waals surface area contributed by atoms with Crippen molar-refractivity contribution in [2.75, 3.05) is 0 Å². The van der Waals surface area contributed by atoms with Crippen LogP contribution in [0.2, 0.25) is 0 Å². The molecule has 0 atom stereocenters. The van der Waals surface area contributed by atoms with E-state index >= 15 is 0 Å². The standard InChI is InChI=1S/Fe.Na.H4O7P2.Ti.H/c;;1-8(2,3)7-9(4,5)6;;/h;;(H2,1,2,3)(H2,4,5,6);;/q;+1;;;-1. The largest absolute Gasteiger partial charge is 1.00 e. The summed E-state index contributed by atoms with van der Waals surface area (Å²) in [4.78, 5) is 31.0. The van der Waals surface area contributed by atoms with E-state index in [0.29, 0.717) is 0 Å². The van der Waals surface area contributed by atoms with Crippen LogP contribution in [0.5, 0.6) is 0 Å². The van der Waals surface area contributed by atoms with E-state index in [9.17, 15) is 9.13 Å². The molecule has 0 bridgehead atoms. The van der Waals surface area contributed by atoms with Crippen LogP contribution in [0.3, 0.4) is 0 Å². The Morgan fingerprint density at radius 3 is 1.17 bits per heavy atom. The molecule has 70 valence electrons. The Bertz CT molecular complexity index is 167. The third-order valence-corrected chi connectivity index (χ3v) is 1.91. The van der Waals surface area contributed by atoms with Crippen molar-refractivity contribution in [3.63, 3.8) is 0 Å². The summed E-state index contributed by atoms with van der Waals surface area (Å²) in [6.07, 6.45) is 0. The molecule has 0 saturated heterocycles. The van der Waals surface area contributed by atoms with Crippen LogP contribution in [0.4, 0.5) is 0 Å². The maximum atomic E-state index is 9.63. The molecule has 0 aromatic rings. The van der Waals surface area contributed by atoms with Gasteiger partial charge in [0, 0.05) is 38.8 Å². The molecule has 12 heteroatoms. The van der Waals surface area contributed by atoms with Crippen molar-refractivity contribution >= 4 is 15.6 Å². The van der Waals surface area contributed by atoms with Gasteiger partial charge in [-0.1, -0.05) is 0 Å². The average Bonchev–Trinajstić information content (AvgIpc) is 1.14. The number of hydrogen-bond donors (Lipinski definition) is 4. The van der Waals surface area contributed by atoms with E-state index in [1.165, 1.54) is 0 Å². The van der Waals surface area contributed by atoms with Gasteiger partial charge in [-0.05, 0) is 0 Å². The fourth-order valence-electron chi connectivity index (χ4n) is 0.139. The zero-order chi connectivity index (χ0) is 7.71. The maximum Gasteiger partial charge on any atom is 1.00 e. The summed E-state index contributed by atoms with van der Waals surface area (Å²) in [5.41, 5.74) is 0. The molecule has 0 aromatic heterocycles. The fraction of sp³-hybridized carbons (Fsp3) is 0. The van der Waals surface area contributed by atoms with E-state index in [1.807, 2.05) is 0 Å². The van der Waals surface area contributed by atoms with Crippen LogP contribution in [-0.4, -0.2) is 19.6 Å². The van der Waals surface area contributed by atoms with Crippen molar-refractivity contribution in [2.24, 2.45) is 0 Å². The molecule has 0 heterocycles. The average molecular weight is 306 g/mol. The van der Waals surface area contributed by atoms with E-state index in [0.717, 1.165) is 0 Å². The van der Waals surface area contributed by atoms with E-state index in [-0.39, 0.29) is 69.8 Å². The van der Waals surface area contributed by atoms with Crippen molar-refractivity contribution in [1.29, 1.82) is 0 Å². The van der Waals surface area contributed by atoms with Crippen LogP contribution in [-0.2, 0) is 52.2 Å². The summed E-state index contributed by atoms with van der Waals surface area (Å²) in [7, 11) is -10.1. The first-order valence-corrected chi connectivity index (χ1v) is 4.59. The Morgan fingerprint density at radius 1 is 1.00 bits per heavy atom. The van der Waals surface area contributed by atoms with E-state index in [2.05, 4.69) is 4.31 Å². The monoisotopic (exact) mass is 306 g/mol. The fourth-order valence-corrected chi connectivity index (χ4v) is 1.25. The van der Waals surface area contributed by atoms with Gasteiger partial charge in [-0.25, -0.2) is 9.13 Å². The van der Waals surface area contributed by atoms with Crippen LogP contribution in [0.1, 0.15) is 1.43 Å². The Kier molecular flexibility index (Phi) is 17.5. The summed E-state index contributed by atoms with van der Waals surface area (Å²) < 4.78 is 22.2. The third-order valence-electron chi connectivity index (χ3n) is 0.213. The summed E-state index contributed by atoms with van der Waals surface area (Å²) in [5.74, 6) is 0. The summed E-state index contributed by atoms with van der Waals surface area (Å²) in [5, 5.41) is 0. The predicted octanol–water partition coefficient (Wildman–Crippen LogP) is -3.70. The van der Waals surface area contributed by atoms with Gasteiger partial charge in [0.2, 0.25) is 0 Å². The SMILES string of the molecule is O=P(O)(O)OP(=O)(O)O.[Fe].[H-].[Na+].[Ti]. The minimum absolute atomic E-state index is 0. The van der Waals surface area contributed by atoms with Crippen LogP contribution >= 0.6 is 15.6 Å². The van der Waals surface area contributed by atoms with Gasteiger partial charge in [0.25, 0.3) is 0 Å². The molecular weight excluding hydrogens is 301 g/mol. The number of rotatable bonds is 2. The third kappa shape index (κ3) is 22.9. The van der Waals surface area contributed by atoms with Gasteiger partial charge >= 0.3 is 45.2 Å². The molecule has 12 heavy (non-hydrogen) atoms. The molecule has 0 aliphatic heterocycles. The molecule has 4 N–H and O–H groups in total. The van der Waals surface area contributed by atoms with Gasteiger partial charge in [-0.2, -0.15) is 4.31 Å². The number of hydrogen-bond acceptors (Lipinski definition) is 3. The van der Waals surface area contributed by atoms with Crippen molar-refractivity contribution in [1.82, 2.24) is 0 Å². The number of phosphoric acid groups is 2. The minimum atomic E-state index is -5.05. The molecule has 0 unspecified atom stereocenters. The van der Waals surface area contributed by atoms with Crippen molar-refractivity contribution < 1.29 is 103 Å². The van der Waals surface area contributed by atoms with Gasteiger partial charge in [0.05, 0.1) is 0 Å².